The lowest BCUT2D eigenvalue weighted by Crippen LogP contribution is -2.52. The van der Waals surface area contributed by atoms with E-state index in [1.54, 1.807) is 17.1 Å². The Kier molecular flexibility index (Phi) is 6.48. The van der Waals surface area contributed by atoms with Gasteiger partial charge < -0.3 is 20.9 Å². The van der Waals surface area contributed by atoms with E-state index in [0.29, 0.717) is 22.6 Å². The maximum atomic E-state index is 12.6. The lowest BCUT2D eigenvalue weighted by atomic mass is 10.1. The second-order valence-corrected chi connectivity index (χ2v) is 6.53. The first-order valence-corrected chi connectivity index (χ1v) is 8.52. The molecule has 3 N–H and O–H groups in total. The molecule has 0 aliphatic carbocycles. The van der Waals surface area contributed by atoms with Crippen molar-refractivity contribution in [3.8, 4) is 0 Å². The number of allylic oxidation sites excluding steroid dienone is 2. The molecule has 0 atom stereocenters. The number of rotatable bonds is 2. The molecule has 1 saturated heterocycles. The summed E-state index contributed by atoms with van der Waals surface area (Å²) in [5, 5.41) is 1.65. The fourth-order valence-electron chi connectivity index (χ4n) is 2.88. The van der Waals surface area contributed by atoms with Crippen molar-refractivity contribution >= 4 is 17.6 Å². The maximum absolute atomic E-state index is 12.6. The largest absolute Gasteiger partial charge is 0.471 e. The van der Waals surface area contributed by atoms with E-state index in [9.17, 15) is 35.9 Å². The summed E-state index contributed by atoms with van der Waals surface area (Å²) in [6.07, 6.45) is -8.26. The molecule has 13 heteroatoms. The van der Waals surface area contributed by atoms with Crippen molar-refractivity contribution in [2.75, 3.05) is 26.2 Å². The van der Waals surface area contributed by atoms with Crippen LogP contribution in [0.25, 0.3) is 0 Å². The zero-order valence-electron chi connectivity index (χ0n) is 15.3. The Bertz CT molecular complexity index is 761. The third-order valence-corrected chi connectivity index (χ3v) is 4.38. The van der Waals surface area contributed by atoms with Crippen LogP contribution in [-0.4, -0.2) is 66.0 Å². The van der Waals surface area contributed by atoms with Gasteiger partial charge >= 0.3 is 24.2 Å². The molecule has 0 saturated carbocycles. The van der Waals surface area contributed by atoms with Gasteiger partial charge in [0.15, 0.2) is 0 Å². The maximum Gasteiger partial charge on any atom is 0.471 e. The van der Waals surface area contributed by atoms with Gasteiger partial charge in [-0.1, -0.05) is 0 Å². The molecule has 2 rings (SSSR count). The van der Waals surface area contributed by atoms with Gasteiger partial charge in [0.2, 0.25) is 0 Å². The Hall–Kier alpha value is -2.73. The summed E-state index contributed by atoms with van der Waals surface area (Å²) in [7, 11) is 0. The van der Waals surface area contributed by atoms with Crippen LogP contribution in [-0.2, 0) is 9.59 Å². The van der Waals surface area contributed by atoms with Crippen molar-refractivity contribution in [2.24, 2.45) is 10.7 Å². The average molecular weight is 427 g/mol. The Morgan fingerprint density at radius 2 is 1.62 bits per heavy atom. The highest BCUT2D eigenvalue weighted by Gasteiger charge is 2.43. The fourth-order valence-corrected chi connectivity index (χ4v) is 2.88. The predicted octanol–water partition coefficient (Wildman–Crippen LogP) is 1.64. The number of nitrogens with one attached hydrogen (secondary N) is 1. The highest BCUT2D eigenvalue weighted by atomic mass is 19.4. The molecule has 2 amide bonds. The van der Waals surface area contributed by atoms with Crippen LogP contribution in [0.5, 0.6) is 0 Å². The number of aliphatic imine (C=N–C) groups is 1. The number of piperazine rings is 1. The van der Waals surface area contributed by atoms with E-state index in [0.717, 1.165) is 0 Å². The van der Waals surface area contributed by atoms with Gasteiger partial charge in [-0.3, -0.25) is 9.59 Å². The van der Waals surface area contributed by atoms with Crippen LogP contribution >= 0.6 is 0 Å². The molecule has 2 heterocycles. The Balaban J connectivity index is 2.22. The molecule has 0 aromatic heterocycles. The number of carbonyl (C=O) groups excluding carboxylic acids is 2. The summed E-state index contributed by atoms with van der Waals surface area (Å²) in [6, 6.07) is 0. The SMILES string of the molecule is CC1=C(N2CCN(C(=O)C(F)(F)F)CC2)C=C(NC(=O)C(F)(F)F)N=C(N)CC1. The van der Waals surface area contributed by atoms with Crippen molar-refractivity contribution in [2.45, 2.75) is 32.1 Å². The summed E-state index contributed by atoms with van der Waals surface area (Å²) >= 11 is 0. The van der Waals surface area contributed by atoms with Crippen LogP contribution < -0.4 is 11.1 Å². The number of amides is 2. The lowest BCUT2D eigenvalue weighted by molar-refractivity contribution is -0.186. The molecule has 0 aromatic rings. The van der Waals surface area contributed by atoms with Gasteiger partial charge in [-0.15, -0.1) is 0 Å². The molecule has 0 radical (unpaired) electrons. The zero-order valence-corrected chi connectivity index (χ0v) is 15.3. The smallest absolute Gasteiger partial charge is 0.387 e. The minimum atomic E-state index is -5.13. The second kappa shape index (κ2) is 8.33. The number of nitrogens with zero attached hydrogens (tertiary/aromatic N) is 3. The molecular formula is C16H19F6N5O2. The van der Waals surface area contributed by atoms with Crippen LogP contribution in [0.15, 0.2) is 28.2 Å². The molecule has 162 valence electrons. The molecule has 0 spiro atoms. The number of amidine groups is 1. The molecule has 2 aliphatic heterocycles. The van der Waals surface area contributed by atoms with Crippen LogP contribution in [0.3, 0.4) is 0 Å². The van der Waals surface area contributed by atoms with Gasteiger partial charge in [-0.05, 0) is 18.9 Å². The van der Waals surface area contributed by atoms with E-state index in [1.165, 1.54) is 6.08 Å². The van der Waals surface area contributed by atoms with Crippen LogP contribution in [0.2, 0.25) is 0 Å². The van der Waals surface area contributed by atoms with E-state index in [2.05, 4.69) is 4.99 Å². The zero-order chi connectivity index (χ0) is 22.0. The Morgan fingerprint density at radius 3 is 2.14 bits per heavy atom. The van der Waals surface area contributed by atoms with E-state index in [-0.39, 0.29) is 38.4 Å². The average Bonchev–Trinajstić information content (AvgIpc) is 2.61. The van der Waals surface area contributed by atoms with Crippen LogP contribution in [0.4, 0.5) is 26.3 Å². The minimum Gasteiger partial charge on any atom is -0.387 e. The highest BCUT2D eigenvalue weighted by Crippen LogP contribution is 2.25. The first kappa shape index (κ1) is 22.6. The standard InChI is InChI=1S/C16H19F6N5O2/c1-9-2-3-11(23)24-12(25-13(28)15(17,18)19)8-10(9)26-4-6-27(7-5-26)14(29)16(20,21)22/h8H,2-7H2,1H3,(H2,23,24)(H,25,28). The normalized spacial score (nSPS) is 19.3. The Morgan fingerprint density at radius 1 is 1.03 bits per heavy atom. The lowest BCUT2D eigenvalue weighted by Gasteiger charge is -2.37. The minimum absolute atomic E-state index is 0.0257. The summed E-state index contributed by atoms with van der Waals surface area (Å²) in [6.45, 7) is 1.34. The summed E-state index contributed by atoms with van der Waals surface area (Å²) in [4.78, 5) is 28.7. The molecule has 7 nitrogen and oxygen atoms in total. The fraction of sp³-hybridized carbons (Fsp3) is 0.562. The predicted molar refractivity (Wildman–Crippen MR) is 90.0 cm³/mol. The van der Waals surface area contributed by atoms with Gasteiger partial charge in [-0.2, -0.15) is 26.3 Å². The van der Waals surface area contributed by atoms with E-state index in [1.807, 2.05) is 0 Å². The summed E-state index contributed by atoms with van der Waals surface area (Å²) < 4.78 is 75.4. The highest BCUT2D eigenvalue weighted by molar-refractivity contribution is 5.86. The molecule has 29 heavy (non-hydrogen) atoms. The third kappa shape index (κ3) is 5.87. The van der Waals surface area contributed by atoms with E-state index >= 15 is 0 Å². The van der Waals surface area contributed by atoms with E-state index in [4.69, 9.17) is 5.73 Å². The van der Waals surface area contributed by atoms with Crippen LogP contribution in [0.1, 0.15) is 19.8 Å². The van der Waals surface area contributed by atoms with Gasteiger partial charge in [0.05, 0.1) is 0 Å². The quantitative estimate of drug-likeness (QED) is 0.656. The number of halogens is 6. The van der Waals surface area contributed by atoms with Crippen molar-refractivity contribution in [1.82, 2.24) is 15.1 Å². The topological polar surface area (TPSA) is 91.0 Å². The molecule has 0 aromatic carbocycles. The van der Waals surface area contributed by atoms with Gasteiger partial charge in [0.25, 0.3) is 0 Å². The number of hydrogen-bond donors (Lipinski definition) is 2. The number of alkyl halides is 6. The van der Waals surface area contributed by atoms with Gasteiger partial charge in [0, 0.05) is 44.4 Å². The Labute approximate surface area is 161 Å². The molecule has 1 fully saturated rings. The van der Waals surface area contributed by atoms with Gasteiger partial charge in [0.1, 0.15) is 11.7 Å². The van der Waals surface area contributed by atoms with Crippen molar-refractivity contribution in [3.05, 3.63) is 23.2 Å². The first-order valence-electron chi connectivity index (χ1n) is 8.52. The number of carbonyl (C=O) groups is 2. The van der Waals surface area contributed by atoms with Gasteiger partial charge in [-0.25, -0.2) is 4.99 Å². The molecular weight excluding hydrogens is 408 g/mol. The summed E-state index contributed by atoms with van der Waals surface area (Å²) in [5.74, 6) is -4.56. The third-order valence-electron chi connectivity index (χ3n) is 4.38. The molecule has 0 bridgehead atoms. The number of hydrogen-bond acceptors (Lipinski definition) is 5. The van der Waals surface area contributed by atoms with E-state index < -0.39 is 30.0 Å². The van der Waals surface area contributed by atoms with Crippen molar-refractivity contribution in [1.29, 1.82) is 0 Å². The van der Waals surface area contributed by atoms with Crippen molar-refractivity contribution in [3.63, 3.8) is 0 Å². The first-order chi connectivity index (χ1) is 13.3. The molecule has 0 unspecified atom stereocenters. The second-order valence-electron chi connectivity index (χ2n) is 6.53. The van der Waals surface area contributed by atoms with Crippen LogP contribution in [0, 0.1) is 0 Å². The van der Waals surface area contributed by atoms with Crippen molar-refractivity contribution < 1.29 is 35.9 Å². The monoisotopic (exact) mass is 427 g/mol. The number of nitrogens with two attached hydrogens (primary N) is 1. The molecule has 2 aliphatic rings. The summed E-state index contributed by atoms with van der Waals surface area (Å²) in [5.41, 5.74) is 6.77.